The highest BCUT2D eigenvalue weighted by Gasteiger charge is 2.66. The van der Waals surface area contributed by atoms with Crippen LogP contribution in [0.4, 0.5) is 0 Å². The molecule has 0 spiro atoms. The highest BCUT2D eigenvalue weighted by molar-refractivity contribution is 5.73. The number of carbonyl (C=O) groups excluding carboxylic acids is 1. The van der Waals surface area contributed by atoms with Crippen LogP contribution in [0, 0.1) is 53.3 Å². The van der Waals surface area contributed by atoms with E-state index < -0.39 is 0 Å². The van der Waals surface area contributed by atoms with Gasteiger partial charge in [-0.2, -0.15) is 0 Å². The van der Waals surface area contributed by atoms with Crippen LogP contribution in [0.2, 0.25) is 0 Å². The van der Waals surface area contributed by atoms with Gasteiger partial charge in [-0.25, -0.2) is 0 Å². The van der Waals surface area contributed by atoms with Gasteiger partial charge in [-0.15, -0.1) is 0 Å². The third-order valence-electron chi connectivity index (χ3n) is 7.86. The zero-order valence-electron chi connectivity index (χ0n) is 14.3. The van der Waals surface area contributed by atoms with Gasteiger partial charge in [0.1, 0.15) is 6.61 Å². The molecule has 4 aliphatic rings. The van der Waals surface area contributed by atoms with E-state index in [1.165, 1.54) is 12.8 Å². The standard InChI is InChI=1S/C19H30O4/c1-10-11(2)14-9-13(10)17-12-7-15(18(14)17)16(8-12)19(21)23-6-5-22-4-3-20/h10-18,20H,3-9H2,1-2H3. The van der Waals surface area contributed by atoms with Crippen molar-refractivity contribution in [1.82, 2.24) is 0 Å². The first-order valence-electron chi connectivity index (χ1n) is 9.48. The Morgan fingerprint density at radius 3 is 2.43 bits per heavy atom. The highest BCUT2D eigenvalue weighted by Crippen LogP contribution is 2.71. The van der Waals surface area contributed by atoms with Crippen LogP contribution < -0.4 is 0 Å². The lowest BCUT2D eigenvalue weighted by atomic mass is 9.62. The fraction of sp³-hybridized carbons (Fsp3) is 0.947. The third kappa shape index (κ3) is 2.36. The van der Waals surface area contributed by atoms with Crippen molar-refractivity contribution in [3.05, 3.63) is 0 Å². The van der Waals surface area contributed by atoms with Crippen molar-refractivity contribution in [3.63, 3.8) is 0 Å². The normalized spacial score (nSPS) is 49.6. The van der Waals surface area contributed by atoms with E-state index in [9.17, 15) is 4.79 Å². The number of ether oxygens (including phenoxy) is 2. The summed E-state index contributed by atoms with van der Waals surface area (Å²) in [6, 6.07) is 0. The topological polar surface area (TPSA) is 55.8 Å². The van der Waals surface area contributed by atoms with E-state index in [0.29, 0.717) is 25.7 Å². The highest BCUT2D eigenvalue weighted by atomic mass is 16.6. The lowest BCUT2D eigenvalue weighted by molar-refractivity contribution is -0.154. The van der Waals surface area contributed by atoms with Crippen molar-refractivity contribution in [1.29, 1.82) is 0 Å². The number of esters is 1. The molecule has 4 nitrogen and oxygen atoms in total. The van der Waals surface area contributed by atoms with Crippen molar-refractivity contribution < 1.29 is 19.4 Å². The Bertz CT molecular complexity index is 464. The van der Waals surface area contributed by atoms with Crippen LogP contribution in [0.3, 0.4) is 0 Å². The first-order valence-corrected chi connectivity index (χ1v) is 9.48. The van der Waals surface area contributed by atoms with Crippen molar-refractivity contribution in [2.24, 2.45) is 53.3 Å². The minimum Gasteiger partial charge on any atom is -0.463 e. The maximum atomic E-state index is 12.5. The van der Waals surface area contributed by atoms with Gasteiger partial charge in [0.2, 0.25) is 0 Å². The molecular weight excluding hydrogens is 292 g/mol. The average Bonchev–Trinajstić information content (AvgIpc) is 3.27. The second-order valence-corrected chi connectivity index (χ2v) is 8.44. The molecule has 1 N–H and O–H groups in total. The van der Waals surface area contributed by atoms with Gasteiger partial charge in [-0.05, 0) is 66.6 Å². The van der Waals surface area contributed by atoms with Gasteiger partial charge in [0.25, 0.3) is 0 Å². The summed E-state index contributed by atoms with van der Waals surface area (Å²) in [5.74, 6) is 6.73. The van der Waals surface area contributed by atoms with Crippen LogP contribution in [-0.4, -0.2) is 37.5 Å². The molecule has 4 bridgehead atoms. The summed E-state index contributed by atoms with van der Waals surface area (Å²) in [7, 11) is 0. The maximum absolute atomic E-state index is 12.5. The molecule has 9 atom stereocenters. The van der Waals surface area contributed by atoms with E-state index in [-0.39, 0.29) is 18.5 Å². The van der Waals surface area contributed by atoms with Gasteiger partial charge in [0.05, 0.1) is 25.7 Å². The van der Waals surface area contributed by atoms with Crippen molar-refractivity contribution in [2.45, 2.75) is 33.1 Å². The van der Waals surface area contributed by atoms with Crippen LogP contribution in [0.25, 0.3) is 0 Å². The minimum absolute atomic E-state index is 0.00650. The molecule has 9 unspecified atom stereocenters. The molecule has 4 heteroatoms. The quantitative estimate of drug-likeness (QED) is 0.463. The van der Waals surface area contributed by atoms with E-state index >= 15 is 0 Å². The van der Waals surface area contributed by atoms with Gasteiger partial charge in [0, 0.05) is 0 Å². The lowest BCUT2D eigenvalue weighted by Crippen LogP contribution is -2.41. The van der Waals surface area contributed by atoms with E-state index in [1.54, 1.807) is 0 Å². The predicted molar refractivity (Wildman–Crippen MR) is 85.5 cm³/mol. The van der Waals surface area contributed by atoms with Crippen LogP contribution in [-0.2, 0) is 14.3 Å². The number of aliphatic hydroxyl groups is 1. The van der Waals surface area contributed by atoms with Crippen LogP contribution >= 0.6 is 0 Å². The monoisotopic (exact) mass is 322 g/mol. The number of carbonyl (C=O) groups is 1. The fourth-order valence-electron chi connectivity index (χ4n) is 6.97. The summed E-state index contributed by atoms with van der Waals surface area (Å²) in [5.41, 5.74) is 0. The molecule has 0 heterocycles. The van der Waals surface area contributed by atoms with Crippen LogP contribution in [0.5, 0.6) is 0 Å². The molecule has 0 aromatic rings. The summed E-state index contributed by atoms with van der Waals surface area (Å²) >= 11 is 0. The summed E-state index contributed by atoms with van der Waals surface area (Å²) in [5, 5.41) is 8.66. The Morgan fingerprint density at radius 1 is 0.957 bits per heavy atom. The minimum atomic E-state index is 0.00650. The number of fused-ring (bicyclic) bond motifs is 9. The molecule has 0 aromatic heterocycles. The van der Waals surface area contributed by atoms with Crippen molar-refractivity contribution in [3.8, 4) is 0 Å². The Balaban J connectivity index is 1.35. The summed E-state index contributed by atoms with van der Waals surface area (Å²) in [6.07, 6.45) is 3.75. The second-order valence-electron chi connectivity index (χ2n) is 8.44. The van der Waals surface area contributed by atoms with Crippen LogP contribution in [0.1, 0.15) is 33.1 Å². The summed E-state index contributed by atoms with van der Waals surface area (Å²) in [4.78, 5) is 12.5. The summed E-state index contributed by atoms with van der Waals surface area (Å²) < 4.78 is 10.6. The van der Waals surface area contributed by atoms with Gasteiger partial charge in [-0.3, -0.25) is 4.79 Å². The van der Waals surface area contributed by atoms with E-state index in [4.69, 9.17) is 14.6 Å². The zero-order chi connectivity index (χ0) is 16.1. The predicted octanol–water partition coefficient (Wildman–Crippen LogP) is 2.35. The van der Waals surface area contributed by atoms with E-state index in [2.05, 4.69) is 13.8 Å². The zero-order valence-corrected chi connectivity index (χ0v) is 14.3. The third-order valence-corrected chi connectivity index (χ3v) is 7.86. The Hall–Kier alpha value is -0.610. The molecule has 0 radical (unpaired) electrons. The lowest BCUT2D eigenvalue weighted by Gasteiger charge is -2.43. The Kier molecular flexibility index (Phi) is 4.17. The van der Waals surface area contributed by atoms with Crippen molar-refractivity contribution >= 4 is 5.97 Å². The number of hydrogen-bond donors (Lipinski definition) is 1. The van der Waals surface area contributed by atoms with E-state index in [1.807, 2.05) is 0 Å². The summed E-state index contributed by atoms with van der Waals surface area (Å²) in [6.45, 7) is 5.93. The van der Waals surface area contributed by atoms with Crippen molar-refractivity contribution in [2.75, 3.05) is 26.4 Å². The number of hydrogen-bond acceptors (Lipinski definition) is 4. The van der Waals surface area contributed by atoms with Crippen LogP contribution in [0.15, 0.2) is 0 Å². The van der Waals surface area contributed by atoms with Gasteiger partial charge >= 0.3 is 5.97 Å². The molecule has 4 aliphatic carbocycles. The largest absolute Gasteiger partial charge is 0.463 e. The molecule has 4 fully saturated rings. The SMILES string of the molecule is CC1C(C)C2CC1C1C3CC(C(=O)OCCOCCO)C(C3)C21. The Labute approximate surface area is 138 Å². The van der Waals surface area contributed by atoms with Gasteiger partial charge in [-0.1, -0.05) is 13.8 Å². The first-order chi connectivity index (χ1) is 11.1. The average molecular weight is 322 g/mol. The molecule has 23 heavy (non-hydrogen) atoms. The molecule has 4 saturated carbocycles. The van der Waals surface area contributed by atoms with Gasteiger partial charge in [0.15, 0.2) is 0 Å². The maximum Gasteiger partial charge on any atom is 0.309 e. The molecule has 130 valence electrons. The molecule has 0 saturated heterocycles. The molecule has 0 aromatic carbocycles. The first kappa shape index (κ1) is 15.9. The Morgan fingerprint density at radius 2 is 1.70 bits per heavy atom. The number of aliphatic hydroxyl groups excluding tert-OH is 1. The molecular formula is C19H30O4. The number of rotatable bonds is 6. The molecule has 4 rings (SSSR count). The fourth-order valence-corrected chi connectivity index (χ4v) is 6.97. The second kappa shape index (κ2) is 6.03. The smallest absolute Gasteiger partial charge is 0.309 e. The van der Waals surface area contributed by atoms with E-state index in [0.717, 1.165) is 47.8 Å². The molecule has 0 amide bonds. The van der Waals surface area contributed by atoms with Gasteiger partial charge < -0.3 is 14.6 Å². The molecule has 0 aliphatic heterocycles.